The van der Waals surface area contributed by atoms with Gasteiger partial charge in [0.05, 0.1) is 5.41 Å². The highest BCUT2D eigenvalue weighted by Crippen LogP contribution is 2.48. The van der Waals surface area contributed by atoms with Crippen molar-refractivity contribution in [2.24, 2.45) is 0 Å². The smallest absolute Gasteiger partial charge is 0.209 e. The van der Waals surface area contributed by atoms with Gasteiger partial charge in [-0.15, -0.1) is 0 Å². The molecule has 0 fully saturated rings. The van der Waals surface area contributed by atoms with Crippen LogP contribution in [0.25, 0.3) is 0 Å². The summed E-state index contributed by atoms with van der Waals surface area (Å²) < 4.78 is 2.51. The summed E-state index contributed by atoms with van der Waals surface area (Å²) in [7, 11) is 0. The molecule has 3 aliphatic rings. The first-order valence-electron chi connectivity index (χ1n) is 15.3. The first-order valence-corrected chi connectivity index (χ1v) is 15.7. The first kappa shape index (κ1) is 28.7. The van der Waals surface area contributed by atoms with E-state index < -0.39 is 0 Å². The maximum absolute atomic E-state index is 7.15. The number of anilines is 1. The number of unbranched alkanes of at least 4 members (excludes halogenated alkanes) is 1. The number of rotatable bonds is 8. The number of nitrogens with zero attached hydrogens (tertiary/aromatic N) is 2. The second-order valence-electron chi connectivity index (χ2n) is 12.6. The highest BCUT2D eigenvalue weighted by molar-refractivity contribution is 6.32. The number of para-hydroxylation sites is 2. The lowest BCUT2D eigenvalue weighted by molar-refractivity contribution is -0.437. The van der Waals surface area contributed by atoms with E-state index in [2.05, 4.69) is 124 Å². The molecule has 210 valence electrons. The third-order valence-electron chi connectivity index (χ3n) is 9.12. The van der Waals surface area contributed by atoms with Crippen LogP contribution in [0.3, 0.4) is 0 Å². The van der Waals surface area contributed by atoms with Crippen molar-refractivity contribution in [2.75, 3.05) is 18.0 Å². The Morgan fingerprint density at radius 1 is 0.850 bits per heavy atom. The van der Waals surface area contributed by atoms with Gasteiger partial charge in [0.1, 0.15) is 6.54 Å². The number of halogens is 1. The molecule has 0 aromatic heterocycles. The monoisotopic (exact) mass is 553 g/mol. The van der Waals surface area contributed by atoms with Crippen LogP contribution < -0.4 is 4.90 Å². The van der Waals surface area contributed by atoms with Crippen LogP contribution in [0.5, 0.6) is 0 Å². The minimum atomic E-state index is -0.0303. The summed E-state index contributed by atoms with van der Waals surface area (Å²) >= 11 is 7.15. The summed E-state index contributed by atoms with van der Waals surface area (Å²) in [6.07, 6.45) is 16.0. The first-order chi connectivity index (χ1) is 19.2. The van der Waals surface area contributed by atoms with Crippen molar-refractivity contribution in [3.8, 4) is 0 Å². The van der Waals surface area contributed by atoms with Crippen molar-refractivity contribution >= 4 is 28.7 Å². The second kappa shape index (κ2) is 11.6. The quantitative estimate of drug-likeness (QED) is 0.295. The van der Waals surface area contributed by atoms with Gasteiger partial charge in [0.2, 0.25) is 5.69 Å². The predicted octanol–water partition coefficient (Wildman–Crippen LogP) is 10.1. The zero-order valence-corrected chi connectivity index (χ0v) is 26.1. The standard InChI is InChI=1S/C37H46ClN2/c1-7-9-26-40-32-20-13-11-18-30(32)37(5,6)34(40)24-22-28-16-14-15-27(35(28)38)21-23-33-36(3,4)29-17-10-12-19-31(29)39(33)25-8-2/h10-13,17-24H,7-9,14-16,25-26H2,1-6H3/q+1. The molecule has 1 aliphatic carbocycles. The number of benzene rings is 2. The molecule has 0 saturated heterocycles. The molecular formula is C37H46ClN2+. The molecule has 0 bridgehead atoms. The largest absolute Gasteiger partial charge is 0.344 e. The summed E-state index contributed by atoms with van der Waals surface area (Å²) in [5.41, 5.74) is 10.7. The minimum Gasteiger partial charge on any atom is -0.344 e. The Bertz CT molecular complexity index is 1430. The molecule has 5 rings (SSSR count). The molecule has 40 heavy (non-hydrogen) atoms. The zero-order valence-electron chi connectivity index (χ0n) is 25.4. The van der Waals surface area contributed by atoms with E-state index in [0.717, 1.165) is 43.8 Å². The van der Waals surface area contributed by atoms with Gasteiger partial charge in [-0.3, -0.25) is 0 Å². The SMILES string of the molecule is CCCCN1C(=CC=C2CCCC(C=CC3=[N+](CCC)c4ccccc4C3(C)C)=C2Cl)C(C)(C)c2ccccc21. The highest BCUT2D eigenvalue weighted by atomic mass is 35.5. The fourth-order valence-corrected chi connectivity index (χ4v) is 7.19. The van der Waals surface area contributed by atoms with Gasteiger partial charge in [0, 0.05) is 52.5 Å². The van der Waals surface area contributed by atoms with E-state index >= 15 is 0 Å². The molecule has 0 amide bonds. The van der Waals surface area contributed by atoms with Crippen LogP contribution in [0.1, 0.15) is 91.2 Å². The summed E-state index contributed by atoms with van der Waals surface area (Å²) in [6, 6.07) is 17.8. The Morgan fingerprint density at radius 2 is 1.57 bits per heavy atom. The third kappa shape index (κ3) is 5.05. The lowest BCUT2D eigenvalue weighted by Crippen LogP contribution is -2.27. The molecule has 2 heterocycles. The van der Waals surface area contributed by atoms with Crippen molar-refractivity contribution in [2.45, 2.75) is 90.9 Å². The van der Waals surface area contributed by atoms with Crippen molar-refractivity contribution in [1.82, 2.24) is 0 Å². The van der Waals surface area contributed by atoms with Gasteiger partial charge < -0.3 is 4.90 Å². The van der Waals surface area contributed by atoms with Gasteiger partial charge >= 0.3 is 0 Å². The van der Waals surface area contributed by atoms with Crippen LogP contribution >= 0.6 is 11.6 Å². The number of hydrogen-bond donors (Lipinski definition) is 0. The average molecular weight is 554 g/mol. The number of fused-ring (bicyclic) bond motifs is 2. The van der Waals surface area contributed by atoms with Crippen molar-refractivity contribution < 1.29 is 4.58 Å². The van der Waals surface area contributed by atoms with E-state index in [0.29, 0.717) is 0 Å². The van der Waals surface area contributed by atoms with E-state index in [1.54, 1.807) is 0 Å². The van der Waals surface area contributed by atoms with E-state index in [-0.39, 0.29) is 10.8 Å². The Balaban J connectivity index is 1.48. The van der Waals surface area contributed by atoms with E-state index in [1.807, 2.05) is 0 Å². The van der Waals surface area contributed by atoms with E-state index in [4.69, 9.17) is 11.6 Å². The van der Waals surface area contributed by atoms with Gasteiger partial charge in [0.15, 0.2) is 5.71 Å². The summed E-state index contributed by atoms with van der Waals surface area (Å²) in [4.78, 5) is 2.54. The second-order valence-corrected chi connectivity index (χ2v) is 13.0. The van der Waals surface area contributed by atoms with E-state index in [9.17, 15) is 0 Å². The van der Waals surface area contributed by atoms with Crippen LogP contribution in [0.2, 0.25) is 0 Å². The molecule has 0 radical (unpaired) electrons. The van der Waals surface area contributed by atoms with Crippen LogP contribution in [-0.2, 0) is 10.8 Å². The molecule has 0 spiro atoms. The molecule has 0 N–H and O–H groups in total. The van der Waals surface area contributed by atoms with Gasteiger partial charge in [-0.2, -0.15) is 4.58 Å². The molecular weight excluding hydrogens is 508 g/mol. The summed E-state index contributed by atoms with van der Waals surface area (Å²) in [5, 5.41) is 0.934. The molecule has 2 aromatic carbocycles. The molecule has 0 saturated carbocycles. The predicted molar refractivity (Wildman–Crippen MR) is 173 cm³/mol. The maximum Gasteiger partial charge on any atom is 0.209 e. The Morgan fingerprint density at radius 3 is 2.33 bits per heavy atom. The minimum absolute atomic E-state index is 0.0297. The number of hydrogen-bond acceptors (Lipinski definition) is 1. The Kier molecular flexibility index (Phi) is 8.30. The molecule has 2 aliphatic heterocycles. The zero-order chi connectivity index (χ0) is 28.5. The summed E-state index contributed by atoms with van der Waals surface area (Å²) in [5.74, 6) is 0. The van der Waals surface area contributed by atoms with Crippen LogP contribution in [-0.4, -0.2) is 23.4 Å². The number of allylic oxidation sites excluding steroid dienone is 8. The highest BCUT2D eigenvalue weighted by Gasteiger charge is 2.44. The van der Waals surface area contributed by atoms with Crippen molar-refractivity contribution in [3.05, 3.63) is 106 Å². The summed E-state index contributed by atoms with van der Waals surface area (Å²) in [6.45, 7) is 16.0. The van der Waals surface area contributed by atoms with E-state index in [1.165, 1.54) is 57.9 Å². The molecule has 3 heteroatoms. The lowest BCUT2D eigenvalue weighted by atomic mass is 9.81. The Labute approximate surface area is 247 Å². The fourth-order valence-electron chi connectivity index (χ4n) is 6.87. The van der Waals surface area contributed by atoms with Crippen LogP contribution in [0.4, 0.5) is 11.4 Å². The van der Waals surface area contributed by atoms with Crippen LogP contribution in [0.15, 0.2) is 94.7 Å². The van der Waals surface area contributed by atoms with Crippen molar-refractivity contribution in [1.29, 1.82) is 0 Å². The van der Waals surface area contributed by atoms with Crippen LogP contribution in [0, 0.1) is 0 Å². The molecule has 0 atom stereocenters. The van der Waals surface area contributed by atoms with Gasteiger partial charge in [-0.25, -0.2) is 0 Å². The van der Waals surface area contributed by atoms with Gasteiger partial charge in [0.25, 0.3) is 0 Å². The Hall–Kier alpha value is -2.84. The van der Waals surface area contributed by atoms with Crippen molar-refractivity contribution in [3.63, 3.8) is 0 Å². The van der Waals surface area contributed by atoms with Gasteiger partial charge in [-0.05, 0) is 68.4 Å². The maximum atomic E-state index is 7.15. The fraction of sp³-hybridized carbons (Fsp3) is 0.432. The third-order valence-corrected chi connectivity index (χ3v) is 9.61. The topological polar surface area (TPSA) is 6.25 Å². The molecule has 0 unspecified atom stereocenters. The average Bonchev–Trinajstić information content (AvgIpc) is 3.29. The molecule has 2 aromatic rings. The van der Waals surface area contributed by atoms with Gasteiger partial charge in [-0.1, -0.05) is 94.3 Å². The lowest BCUT2D eigenvalue weighted by Gasteiger charge is -2.27. The normalized spacial score (nSPS) is 21.7. The molecule has 2 nitrogen and oxygen atoms in total.